The van der Waals surface area contributed by atoms with Crippen LogP contribution >= 0.6 is 0 Å². The number of rotatable bonds is 6. The highest BCUT2D eigenvalue weighted by atomic mass is 19.4. The highest BCUT2D eigenvalue weighted by Crippen LogP contribution is 2.29. The molecule has 0 aliphatic rings. The second-order valence-electron chi connectivity index (χ2n) is 5.03. The van der Waals surface area contributed by atoms with Crippen molar-refractivity contribution in [3.8, 4) is 0 Å². The molecule has 24 heavy (non-hydrogen) atoms. The zero-order valence-electron chi connectivity index (χ0n) is 12.9. The van der Waals surface area contributed by atoms with Crippen LogP contribution in [-0.2, 0) is 11.0 Å². The molecule has 0 atom stereocenters. The van der Waals surface area contributed by atoms with Crippen LogP contribution in [0.1, 0.15) is 12.0 Å². The first-order chi connectivity index (χ1) is 11.4. The molecule has 128 valence electrons. The SMILES string of the molecule is CNCCC(=O)Nc1ccc(Nc2ccc(C(F)(F)F)cn2)cc1. The molecule has 8 heteroatoms. The Morgan fingerprint density at radius 1 is 1.08 bits per heavy atom. The van der Waals surface area contributed by atoms with Gasteiger partial charge in [-0.25, -0.2) is 4.98 Å². The molecule has 2 aromatic rings. The average molecular weight is 338 g/mol. The van der Waals surface area contributed by atoms with Crippen molar-refractivity contribution in [2.45, 2.75) is 12.6 Å². The Kier molecular flexibility index (Phi) is 5.75. The van der Waals surface area contributed by atoms with E-state index in [9.17, 15) is 18.0 Å². The number of nitrogens with zero attached hydrogens (tertiary/aromatic N) is 1. The molecule has 5 nitrogen and oxygen atoms in total. The first-order valence-corrected chi connectivity index (χ1v) is 7.23. The first-order valence-electron chi connectivity index (χ1n) is 7.23. The van der Waals surface area contributed by atoms with Crippen LogP contribution in [0.4, 0.5) is 30.4 Å². The smallest absolute Gasteiger partial charge is 0.340 e. The number of hydrogen-bond acceptors (Lipinski definition) is 4. The monoisotopic (exact) mass is 338 g/mol. The summed E-state index contributed by atoms with van der Waals surface area (Å²) >= 11 is 0. The second-order valence-corrected chi connectivity index (χ2v) is 5.03. The molecule has 0 unspecified atom stereocenters. The lowest BCUT2D eigenvalue weighted by Crippen LogP contribution is -2.18. The molecule has 0 aliphatic heterocycles. The number of aromatic nitrogens is 1. The van der Waals surface area contributed by atoms with E-state index in [1.165, 1.54) is 6.07 Å². The van der Waals surface area contributed by atoms with Gasteiger partial charge < -0.3 is 16.0 Å². The lowest BCUT2D eigenvalue weighted by molar-refractivity contribution is -0.137. The molecule has 0 spiro atoms. The number of benzene rings is 1. The van der Waals surface area contributed by atoms with Crippen molar-refractivity contribution < 1.29 is 18.0 Å². The van der Waals surface area contributed by atoms with Gasteiger partial charge in [-0.3, -0.25) is 4.79 Å². The molecule has 0 fully saturated rings. The summed E-state index contributed by atoms with van der Waals surface area (Å²) in [6.45, 7) is 0.588. The van der Waals surface area contributed by atoms with Gasteiger partial charge in [0.05, 0.1) is 5.56 Å². The van der Waals surface area contributed by atoms with Gasteiger partial charge in [0.25, 0.3) is 0 Å². The van der Waals surface area contributed by atoms with Crippen LogP contribution in [0.5, 0.6) is 0 Å². The lowest BCUT2D eigenvalue weighted by atomic mass is 10.2. The minimum atomic E-state index is -4.40. The van der Waals surface area contributed by atoms with E-state index in [1.54, 1.807) is 31.3 Å². The molecule has 2 rings (SSSR count). The van der Waals surface area contributed by atoms with Crippen LogP contribution in [0.3, 0.4) is 0 Å². The summed E-state index contributed by atoms with van der Waals surface area (Å²) in [5.74, 6) is 0.197. The Hall–Kier alpha value is -2.61. The Morgan fingerprint density at radius 2 is 1.75 bits per heavy atom. The minimum Gasteiger partial charge on any atom is -0.340 e. The van der Waals surface area contributed by atoms with Crippen molar-refractivity contribution in [3.05, 3.63) is 48.2 Å². The average Bonchev–Trinajstić information content (AvgIpc) is 2.54. The van der Waals surface area contributed by atoms with Crippen LogP contribution in [0.25, 0.3) is 0 Å². The van der Waals surface area contributed by atoms with Crippen molar-refractivity contribution in [1.29, 1.82) is 0 Å². The molecule has 0 aliphatic carbocycles. The summed E-state index contributed by atoms with van der Waals surface area (Å²) in [6.07, 6.45) is -3.26. The van der Waals surface area contributed by atoms with E-state index in [4.69, 9.17) is 0 Å². The largest absolute Gasteiger partial charge is 0.417 e. The van der Waals surface area contributed by atoms with Crippen LogP contribution in [0.2, 0.25) is 0 Å². The van der Waals surface area contributed by atoms with Crippen molar-refractivity contribution in [2.24, 2.45) is 0 Å². The van der Waals surface area contributed by atoms with E-state index in [0.717, 1.165) is 12.3 Å². The van der Waals surface area contributed by atoms with Gasteiger partial charge in [-0.2, -0.15) is 13.2 Å². The summed E-state index contributed by atoms with van der Waals surface area (Å²) in [7, 11) is 1.77. The van der Waals surface area contributed by atoms with Gasteiger partial charge in [-0.15, -0.1) is 0 Å². The second kappa shape index (κ2) is 7.78. The fourth-order valence-electron chi connectivity index (χ4n) is 1.88. The Labute approximate surface area is 137 Å². The molecule has 1 amide bonds. The number of halogens is 3. The summed E-state index contributed by atoms with van der Waals surface area (Å²) in [5.41, 5.74) is 0.491. The molecule has 0 bridgehead atoms. The van der Waals surface area contributed by atoms with Crippen LogP contribution in [-0.4, -0.2) is 24.5 Å². The normalized spacial score (nSPS) is 11.2. The third kappa shape index (κ3) is 5.24. The molecule has 1 heterocycles. The van der Waals surface area contributed by atoms with E-state index in [0.29, 0.717) is 30.2 Å². The van der Waals surface area contributed by atoms with Gasteiger partial charge in [-0.1, -0.05) is 0 Å². The molecule has 1 aromatic carbocycles. The Balaban J connectivity index is 1.95. The van der Waals surface area contributed by atoms with Gasteiger partial charge in [-0.05, 0) is 43.4 Å². The first kappa shape index (κ1) is 17.7. The predicted octanol–water partition coefficient (Wildman–Crippen LogP) is 3.39. The minimum absolute atomic E-state index is 0.102. The van der Waals surface area contributed by atoms with Crippen molar-refractivity contribution in [2.75, 3.05) is 24.2 Å². The number of hydrogen-bond donors (Lipinski definition) is 3. The summed E-state index contributed by atoms with van der Waals surface area (Å²) in [5, 5.41) is 8.53. The van der Waals surface area contributed by atoms with Gasteiger partial charge in [0, 0.05) is 30.5 Å². The van der Waals surface area contributed by atoms with Crippen LogP contribution < -0.4 is 16.0 Å². The molecule has 3 N–H and O–H groups in total. The van der Waals surface area contributed by atoms with Gasteiger partial charge in [0.1, 0.15) is 5.82 Å². The van der Waals surface area contributed by atoms with Crippen molar-refractivity contribution >= 4 is 23.1 Å². The van der Waals surface area contributed by atoms with E-state index in [-0.39, 0.29) is 5.91 Å². The maximum absolute atomic E-state index is 12.5. The Morgan fingerprint density at radius 3 is 2.29 bits per heavy atom. The topological polar surface area (TPSA) is 66.1 Å². The van der Waals surface area contributed by atoms with E-state index < -0.39 is 11.7 Å². The third-order valence-electron chi connectivity index (χ3n) is 3.13. The van der Waals surface area contributed by atoms with Crippen LogP contribution in [0.15, 0.2) is 42.6 Å². The quantitative estimate of drug-likeness (QED) is 0.755. The van der Waals surface area contributed by atoms with E-state index in [2.05, 4.69) is 20.9 Å². The fraction of sp³-hybridized carbons (Fsp3) is 0.250. The number of amides is 1. The standard InChI is InChI=1S/C16H17F3N4O/c1-20-9-8-15(24)23-13-5-3-12(4-6-13)22-14-7-2-11(10-21-14)16(17,18)19/h2-7,10,20H,8-9H2,1H3,(H,21,22)(H,23,24). The van der Waals surface area contributed by atoms with Crippen molar-refractivity contribution in [3.63, 3.8) is 0 Å². The number of alkyl halides is 3. The van der Waals surface area contributed by atoms with E-state index in [1.807, 2.05) is 0 Å². The molecule has 0 saturated carbocycles. The summed E-state index contributed by atoms with van der Waals surface area (Å²) in [4.78, 5) is 15.3. The fourth-order valence-corrected chi connectivity index (χ4v) is 1.88. The number of carbonyl (C=O) groups is 1. The Bertz CT molecular complexity index is 669. The summed E-state index contributed by atoms with van der Waals surface area (Å²) < 4.78 is 37.4. The third-order valence-corrected chi connectivity index (χ3v) is 3.13. The zero-order valence-corrected chi connectivity index (χ0v) is 12.9. The molecule has 1 aromatic heterocycles. The van der Waals surface area contributed by atoms with Gasteiger partial charge in [0.15, 0.2) is 0 Å². The highest BCUT2D eigenvalue weighted by molar-refractivity contribution is 5.91. The number of anilines is 3. The molecular weight excluding hydrogens is 321 g/mol. The van der Waals surface area contributed by atoms with Crippen LogP contribution in [0, 0.1) is 0 Å². The maximum atomic E-state index is 12.5. The lowest BCUT2D eigenvalue weighted by Gasteiger charge is -2.10. The number of carbonyl (C=O) groups excluding carboxylic acids is 1. The van der Waals surface area contributed by atoms with Crippen molar-refractivity contribution in [1.82, 2.24) is 10.3 Å². The highest BCUT2D eigenvalue weighted by Gasteiger charge is 2.30. The van der Waals surface area contributed by atoms with E-state index >= 15 is 0 Å². The number of nitrogens with one attached hydrogen (secondary N) is 3. The molecule has 0 radical (unpaired) electrons. The maximum Gasteiger partial charge on any atom is 0.417 e. The molecule has 0 saturated heterocycles. The molecular formula is C16H17F3N4O. The number of pyridine rings is 1. The zero-order chi connectivity index (χ0) is 17.6. The summed E-state index contributed by atoms with van der Waals surface area (Å²) in [6, 6.07) is 9.02. The van der Waals surface area contributed by atoms with Gasteiger partial charge in [0.2, 0.25) is 5.91 Å². The van der Waals surface area contributed by atoms with Gasteiger partial charge >= 0.3 is 6.18 Å². The predicted molar refractivity (Wildman–Crippen MR) is 86.1 cm³/mol.